The Bertz CT molecular complexity index is 840. The van der Waals surface area contributed by atoms with Crippen LogP contribution in [0.3, 0.4) is 0 Å². The van der Waals surface area contributed by atoms with E-state index < -0.39 is 58.4 Å². The molecule has 4 amide bonds. The Morgan fingerprint density at radius 1 is 0.676 bits per heavy atom. The number of ether oxygens (including phenoxy) is 4. The van der Waals surface area contributed by atoms with E-state index in [1.54, 1.807) is 62.3 Å². The fourth-order valence-electron chi connectivity index (χ4n) is 2.18. The summed E-state index contributed by atoms with van der Waals surface area (Å²) in [5.74, 6) is -2.39. The first-order valence-electron chi connectivity index (χ1n) is 10.4. The van der Waals surface area contributed by atoms with E-state index in [2.05, 4.69) is 11.3 Å². The molecule has 0 unspecified atom stereocenters. The van der Waals surface area contributed by atoms with Gasteiger partial charge in [-0.2, -0.15) is 4.90 Å². The molecule has 34 heavy (non-hydrogen) atoms. The Hall–Kier alpha value is -3.37. The second kappa shape index (κ2) is 11.2. The minimum absolute atomic E-state index is 0.272. The van der Waals surface area contributed by atoms with Crippen LogP contribution >= 0.6 is 0 Å². The van der Waals surface area contributed by atoms with Gasteiger partial charge in [0, 0.05) is 0 Å². The summed E-state index contributed by atoms with van der Waals surface area (Å²) in [5.41, 5.74) is -4.48. The summed E-state index contributed by atoms with van der Waals surface area (Å²) in [6.45, 7) is 18.7. The average Bonchev–Trinajstić information content (AvgIpc) is 2.60. The fourth-order valence-corrected chi connectivity index (χ4v) is 2.18. The van der Waals surface area contributed by atoms with Gasteiger partial charge in [-0.25, -0.2) is 24.1 Å². The standard InChI is InChI=1S/C23H36N2O9/c1-13-15(25(19(29)33-22(6,7)8)20(30)34-23(9,10)11)16(26)24(14(2)17(27)31-12)18(28)32-21(3,4)5/h13H,2H2,1,3-12H3/b15-13-. The van der Waals surface area contributed by atoms with Gasteiger partial charge >= 0.3 is 24.2 Å². The van der Waals surface area contributed by atoms with Crippen molar-refractivity contribution < 1.29 is 42.9 Å². The van der Waals surface area contributed by atoms with Crippen LogP contribution in [0, 0.1) is 0 Å². The Labute approximate surface area is 200 Å². The van der Waals surface area contributed by atoms with E-state index in [9.17, 15) is 24.0 Å². The molecule has 0 bridgehead atoms. The van der Waals surface area contributed by atoms with E-state index in [1.807, 2.05) is 0 Å². The quantitative estimate of drug-likeness (QED) is 0.321. The number of carbonyl (C=O) groups excluding carboxylic acids is 5. The normalized spacial score (nSPS) is 12.3. The lowest BCUT2D eigenvalue weighted by molar-refractivity contribution is -0.141. The molecule has 0 fully saturated rings. The van der Waals surface area contributed by atoms with Crippen LogP contribution in [0.15, 0.2) is 24.0 Å². The third kappa shape index (κ3) is 9.63. The van der Waals surface area contributed by atoms with Gasteiger partial charge in [-0.1, -0.05) is 12.7 Å². The zero-order valence-electron chi connectivity index (χ0n) is 21.9. The topological polar surface area (TPSA) is 129 Å². The highest BCUT2D eigenvalue weighted by atomic mass is 16.6. The van der Waals surface area contributed by atoms with Crippen molar-refractivity contribution in [2.75, 3.05) is 7.11 Å². The Morgan fingerprint density at radius 3 is 1.26 bits per heavy atom. The number of imide groups is 2. The lowest BCUT2D eigenvalue weighted by Crippen LogP contribution is -2.49. The van der Waals surface area contributed by atoms with Crippen molar-refractivity contribution in [2.45, 2.75) is 86.0 Å². The maximum atomic E-state index is 13.5. The zero-order valence-corrected chi connectivity index (χ0v) is 21.9. The molecular formula is C23H36N2O9. The third-order valence-electron chi connectivity index (χ3n) is 3.36. The number of nitrogens with zero attached hydrogens (tertiary/aromatic N) is 2. The first kappa shape index (κ1) is 30.6. The minimum atomic E-state index is -1.28. The van der Waals surface area contributed by atoms with Crippen molar-refractivity contribution >= 4 is 30.2 Å². The molecule has 0 N–H and O–H groups in total. The minimum Gasteiger partial charge on any atom is -0.464 e. The summed E-state index contributed by atoms with van der Waals surface area (Å²) < 4.78 is 20.3. The molecule has 0 aliphatic carbocycles. The highest BCUT2D eigenvalue weighted by molar-refractivity contribution is 6.12. The van der Waals surface area contributed by atoms with Crippen LogP contribution < -0.4 is 0 Å². The van der Waals surface area contributed by atoms with Crippen molar-refractivity contribution in [1.82, 2.24) is 9.80 Å². The maximum absolute atomic E-state index is 13.5. The van der Waals surface area contributed by atoms with E-state index in [0.29, 0.717) is 4.90 Å². The molecule has 0 aromatic heterocycles. The number of rotatable bonds is 4. The Balaban J connectivity index is 6.66. The summed E-state index contributed by atoms with van der Waals surface area (Å²) >= 11 is 0. The number of allylic oxidation sites excluding steroid dienone is 1. The van der Waals surface area contributed by atoms with Crippen LogP contribution in [-0.2, 0) is 28.5 Å². The van der Waals surface area contributed by atoms with Gasteiger partial charge in [0.2, 0.25) is 0 Å². The van der Waals surface area contributed by atoms with Crippen LogP contribution in [0.25, 0.3) is 0 Å². The van der Waals surface area contributed by atoms with E-state index in [-0.39, 0.29) is 4.90 Å². The van der Waals surface area contributed by atoms with Gasteiger partial charge < -0.3 is 18.9 Å². The molecule has 0 spiro atoms. The van der Waals surface area contributed by atoms with E-state index >= 15 is 0 Å². The molecule has 11 nitrogen and oxygen atoms in total. The molecule has 0 aliphatic heterocycles. The largest absolute Gasteiger partial charge is 0.464 e. The number of methoxy groups -OCH3 is 1. The predicted octanol–water partition coefficient (Wildman–Crippen LogP) is 4.51. The summed E-state index contributed by atoms with van der Waals surface area (Å²) in [7, 11) is 1.02. The molecule has 0 aromatic rings. The average molecular weight is 485 g/mol. The third-order valence-corrected chi connectivity index (χ3v) is 3.36. The van der Waals surface area contributed by atoms with Crippen molar-refractivity contribution in [3.63, 3.8) is 0 Å². The van der Waals surface area contributed by atoms with Crippen molar-refractivity contribution in [3.05, 3.63) is 24.0 Å². The molecule has 0 aromatic carbocycles. The summed E-state index contributed by atoms with van der Waals surface area (Å²) in [6.07, 6.45) is -2.68. The van der Waals surface area contributed by atoms with Crippen molar-refractivity contribution in [2.24, 2.45) is 0 Å². The molecule has 0 radical (unpaired) electrons. The fraction of sp³-hybridized carbons (Fsp3) is 0.609. The molecule has 0 heterocycles. The molecule has 11 heteroatoms. The van der Waals surface area contributed by atoms with E-state index in [1.165, 1.54) is 6.92 Å². The maximum Gasteiger partial charge on any atom is 0.424 e. The van der Waals surface area contributed by atoms with Gasteiger partial charge in [0.05, 0.1) is 7.11 Å². The monoisotopic (exact) mass is 484 g/mol. The summed E-state index contributed by atoms with van der Waals surface area (Å²) in [4.78, 5) is 64.9. The molecule has 0 saturated carbocycles. The first-order valence-corrected chi connectivity index (χ1v) is 10.4. The lowest BCUT2D eigenvalue weighted by atomic mass is 10.2. The highest BCUT2D eigenvalue weighted by Crippen LogP contribution is 2.23. The molecule has 192 valence electrons. The predicted molar refractivity (Wildman–Crippen MR) is 122 cm³/mol. The second-order valence-corrected chi connectivity index (χ2v) is 10.0. The van der Waals surface area contributed by atoms with E-state index in [0.717, 1.165) is 13.2 Å². The number of esters is 1. The zero-order chi connectivity index (χ0) is 27.2. The molecule has 0 atom stereocenters. The van der Waals surface area contributed by atoms with Crippen LogP contribution in [0.5, 0.6) is 0 Å². The number of hydrogen-bond donors (Lipinski definition) is 0. The Morgan fingerprint density at radius 2 is 1.00 bits per heavy atom. The van der Waals surface area contributed by atoms with E-state index in [4.69, 9.17) is 14.2 Å². The van der Waals surface area contributed by atoms with Crippen molar-refractivity contribution in [3.8, 4) is 0 Å². The molecule has 0 saturated heterocycles. The SMILES string of the molecule is C=C(C(=O)OC)N(C(=O)OC(C)(C)C)C(=O)/C(=C/C)N(C(=O)OC(C)(C)C)C(=O)OC(C)(C)C. The summed E-state index contributed by atoms with van der Waals surface area (Å²) in [5, 5.41) is 0. The van der Waals surface area contributed by atoms with Crippen LogP contribution in [0.1, 0.15) is 69.2 Å². The van der Waals surface area contributed by atoms with Crippen LogP contribution in [0.2, 0.25) is 0 Å². The lowest BCUT2D eigenvalue weighted by Gasteiger charge is -2.31. The van der Waals surface area contributed by atoms with Gasteiger partial charge in [0.1, 0.15) is 28.2 Å². The first-order chi connectivity index (χ1) is 15.1. The smallest absolute Gasteiger partial charge is 0.424 e. The molecule has 0 rings (SSSR count). The van der Waals surface area contributed by atoms with Gasteiger partial charge in [-0.15, -0.1) is 0 Å². The number of amides is 4. The highest BCUT2D eigenvalue weighted by Gasteiger charge is 2.42. The number of hydrogen-bond acceptors (Lipinski definition) is 9. The molecule has 0 aliphatic rings. The number of carbonyl (C=O) groups is 5. The van der Waals surface area contributed by atoms with Gasteiger partial charge in [-0.3, -0.25) is 4.79 Å². The van der Waals surface area contributed by atoms with Crippen molar-refractivity contribution in [1.29, 1.82) is 0 Å². The van der Waals surface area contributed by atoms with Gasteiger partial charge in [0.15, 0.2) is 0 Å². The van der Waals surface area contributed by atoms with Gasteiger partial charge in [-0.05, 0) is 69.2 Å². The summed E-state index contributed by atoms with van der Waals surface area (Å²) in [6, 6.07) is 0. The Kier molecular flexibility index (Phi) is 10.1. The molecular weight excluding hydrogens is 448 g/mol. The van der Waals surface area contributed by atoms with Gasteiger partial charge in [0.25, 0.3) is 5.91 Å². The van der Waals surface area contributed by atoms with Crippen LogP contribution in [0.4, 0.5) is 14.4 Å². The van der Waals surface area contributed by atoms with Crippen LogP contribution in [-0.4, -0.2) is 63.9 Å². The second-order valence-electron chi connectivity index (χ2n) is 10.0.